The second-order valence-corrected chi connectivity index (χ2v) is 7.62. The van der Waals surface area contributed by atoms with Crippen molar-refractivity contribution in [1.82, 2.24) is 9.80 Å². The summed E-state index contributed by atoms with van der Waals surface area (Å²) in [5.74, 6) is -1.26. The Kier molecular flexibility index (Phi) is 6.87. The molecule has 0 N–H and O–H groups in total. The number of anilines is 1. The fourth-order valence-electron chi connectivity index (χ4n) is 3.43. The van der Waals surface area contributed by atoms with Crippen molar-refractivity contribution in [2.75, 3.05) is 25.0 Å². The monoisotopic (exact) mass is 441 g/mol. The van der Waals surface area contributed by atoms with Crippen LogP contribution in [0.4, 0.5) is 19.7 Å². The van der Waals surface area contributed by atoms with Crippen LogP contribution >= 0.6 is 0 Å². The number of aryl methyl sites for hydroxylation is 1. The molecule has 2 aromatic carbocycles. The van der Waals surface area contributed by atoms with Crippen molar-refractivity contribution in [1.29, 1.82) is 0 Å². The minimum Gasteiger partial charge on any atom is -0.444 e. The number of ether oxygens (including phenoxy) is 1. The summed E-state index contributed by atoms with van der Waals surface area (Å²) in [6.45, 7) is 2.42. The van der Waals surface area contributed by atoms with Gasteiger partial charge in [0.25, 0.3) is 5.91 Å². The lowest BCUT2D eigenvalue weighted by Crippen LogP contribution is -2.49. The van der Waals surface area contributed by atoms with Crippen LogP contribution in [-0.2, 0) is 20.9 Å². The van der Waals surface area contributed by atoms with Crippen LogP contribution in [-0.4, -0.2) is 59.8 Å². The minimum atomic E-state index is -1.19. The van der Waals surface area contributed by atoms with Crippen LogP contribution in [0.1, 0.15) is 18.1 Å². The van der Waals surface area contributed by atoms with Crippen molar-refractivity contribution in [3.8, 4) is 0 Å². The van der Waals surface area contributed by atoms with E-state index < -0.39 is 29.9 Å². The summed E-state index contributed by atoms with van der Waals surface area (Å²) >= 11 is 0. The molecule has 3 rings (SSSR count). The number of likely N-dealkylation sites (N-methyl/N-ethyl adjacent to an activating group) is 1. The van der Waals surface area contributed by atoms with Crippen LogP contribution in [0.15, 0.2) is 48.5 Å². The van der Waals surface area contributed by atoms with Crippen molar-refractivity contribution in [2.45, 2.75) is 26.5 Å². The Bertz CT molecular complexity index is 1040. The van der Waals surface area contributed by atoms with Crippen molar-refractivity contribution in [2.24, 2.45) is 0 Å². The third-order valence-corrected chi connectivity index (χ3v) is 5.14. The zero-order chi connectivity index (χ0) is 23.4. The highest BCUT2D eigenvalue weighted by Crippen LogP contribution is 2.23. The second-order valence-electron chi connectivity index (χ2n) is 7.62. The van der Waals surface area contributed by atoms with E-state index in [4.69, 9.17) is 4.74 Å². The number of imide groups is 1. The number of rotatable bonds is 6. The molecule has 1 heterocycles. The van der Waals surface area contributed by atoms with E-state index in [-0.39, 0.29) is 25.5 Å². The number of hydrogen-bond acceptors (Lipinski definition) is 5. The molecule has 0 spiro atoms. The number of urea groups is 1. The zero-order valence-electron chi connectivity index (χ0n) is 18.1. The predicted molar refractivity (Wildman–Crippen MR) is 114 cm³/mol. The molecule has 4 amide bonds. The molecule has 1 atom stereocenters. The maximum absolute atomic E-state index is 13.6. The molecular formula is C23H24FN3O5. The van der Waals surface area contributed by atoms with Gasteiger partial charge in [-0.1, -0.05) is 30.3 Å². The van der Waals surface area contributed by atoms with Crippen molar-refractivity contribution in [3.63, 3.8) is 0 Å². The van der Waals surface area contributed by atoms with Crippen LogP contribution in [0.5, 0.6) is 0 Å². The first-order valence-electron chi connectivity index (χ1n) is 10.0. The van der Waals surface area contributed by atoms with Gasteiger partial charge in [0.15, 0.2) is 0 Å². The van der Waals surface area contributed by atoms with E-state index in [1.807, 2.05) is 6.07 Å². The van der Waals surface area contributed by atoms with Crippen LogP contribution in [0, 0.1) is 12.7 Å². The summed E-state index contributed by atoms with van der Waals surface area (Å²) in [5, 5.41) is 0. The van der Waals surface area contributed by atoms with E-state index in [2.05, 4.69) is 0 Å². The Morgan fingerprint density at radius 3 is 2.47 bits per heavy atom. The maximum atomic E-state index is 13.6. The molecule has 0 aromatic heterocycles. The van der Waals surface area contributed by atoms with Crippen LogP contribution in [0.3, 0.4) is 0 Å². The van der Waals surface area contributed by atoms with Gasteiger partial charge in [0.2, 0.25) is 0 Å². The third-order valence-electron chi connectivity index (χ3n) is 5.14. The molecule has 8 nitrogen and oxygen atoms in total. The summed E-state index contributed by atoms with van der Waals surface area (Å²) < 4.78 is 18.9. The number of carbonyl (C=O) groups excluding carboxylic acids is 4. The first-order chi connectivity index (χ1) is 15.2. The summed E-state index contributed by atoms with van der Waals surface area (Å²) in [6, 6.07) is 11.1. The smallest absolute Gasteiger partial charge is 0.419 e. The molecule has 0 aliphatic carbocycles. The minimum absolute atomic E-state index is 0.0793. The fourth-order valence-corrected chi connectivity index (χ4v) is 3.43. The summed E-state index contributed by atoms with van der Waals surface area (Å²) in [7, 11) is 1.47. The zero-order valence-corrected chi connectivity index (χ0v) is 18.1. The van der Waals surface area contributed by atoms with E-state index in [9.17, 15) is 23.6 Å². The van der Waals surface area contributed by atoms with Gasteiger partial charge in [0, 0.05) is 12.7 Å². The SMILES string of the molecule is CC(=O)CN1C[C@@H](C(=O)N(C)c2ccc(F)c(C)c2)N(C(=O)OCc2ccccc2)C1=O. The van der Waals surface area contributed by atoms with Crippen LogP contribution < -0.4 is 4.90 Å². The van der Waals surface area contributed by atoms with Gasteiger partial charge in [-0.3, -0.25) is 9.59 Å². The van der Waals surface area contributed by atoms with E-state index in [1.165, 1.54) is 37.1 Å². The average molecular weight is 441 g/mol. The molecule has 1 aliphatic rings. The number of halogens is 1. The van der Waals surface area contributed by atoms with Gasteiger partial charge in [0.05, 0.1) is 13.1 Å². The summed E-state index contributed by atoms with van der Waals surface area (Å²) in [6.07, 6.45) is -0.980. The lowest BCUT2D eigenvalue weighted by Gasteiger charge is -2.25. The second kappa shape index (κ2) is 9.59. The highest BCUT2D eigenvalue weighted by Gasteiger charge is 2.47. The largest absolute Gasteiger partial charge is 0.444 e. The van der Waals surface area contributed by atoms with E-state index >= 15 is 0 Å². The quantitative estimate of drug-likeness (QED) is 0.687. The molecule has 0 saturated carbocycles. The Hall–Kier alpha value is -3.75. The van der Waals surface area contributed by atoms with Gasteiger partial charge in [-0.05, 0) is 43.2 Å². The summed E-state index contributed by atoms with van der Waals surface area (Å²) in [4.78, 5) is 53.6. The molecule has 9 heteroatoms. The number of amides is 4. The Morgan fingerprint density at radius 1 is 1.16 bits per heavy atom. The Balaban J connectivity index is 1.83. The summed E-state index contributed by atoms with van der Waals surface area (Å²) in [5.41, 5.74) is 1.47. The van der Waals surface area contributed by atoms with Crippen LogP contribution in [0.2, 0.25) is 0 Å². The number of Topliss-reactive ketones (excluding diaryl/α,β-unsaturated/α-hetero) is 1. The lowest BCUT2D eigenvalue weighted by molar-refractivity contribution is -0.122. The number of nitrogens with zero attached hydrogens (tertiary/aromatic N) is 3. The predicted octanol–water partition coefficient (Wildman–Crippen LogP) is 3.13. The van der Waals surface area contributed by atoms with Gasteiger partial charge in [-0.15, -0.1) is 0 Å². The molecule has 0 bridgehead atoms. The third kappa shape index (κ3) is 4.93. The highest BCUT2D eigenvalue weighted by molar-refractivity contribution is 6.06. The standard InChI is InChI=1S/C23H24FN3O5/c1-15-11-18(9-10-19(15)24)25(3)21(29)20-13-26(12-16(2)28)22(30)27(20)23(31)32-14-17-7-5-4-6-8-17/h4-11,20H,12-14H2,1-3H3/t20-/m0/s1. The maximum Gasteiger partial charge on any atom is 0.419 e. The van der Waals surface area contributed by atoms with Crippen molar-refractivity contribution >= 4 is 29.5 Å². The Labute approximate surface area is 185 Å². The molecule has 1 saturated heterocycles. The van der Waals surface area contributed by atoms with Crippen LogP contribution in [0.25, 0.3) is 0 Å². The molecule has 0 radical (unpaired) electrons. The first kappa shape index (κ1) is 22.9. The van der Waals surface area contributed by atoms with Gasteiger partial charge in [-0.25, -0.2) is 18.9 Å². The molecule has 32 heavy (non-hydrogen) atoms. The highest BCUT2D eigenvalue weighted by atomic mass is 19.1. The van der Waals surface area contributed by atoms with Crippen molar-refractivity contribution < 1.29 is 28.3 Å². The molecule has 1 aliphatic heterocycles. The first-order valence-corrected chi connectivity index (χ1v) is 10.0. The Morgan fingerprint density at radius 2 is 1.84 bits per heavy atom. The molecule has 2 aromatic rings. The molecule has 168 valence electrons. The van der Waals surface area contributed by atoms with Gasteiger partial charge < -0.3 is 14.5 Å². The molecular weight excluding hydrogens is 417 g/mol. The molecule has 0 unspecified atom stereocenters. The van der Waals surface area contributed by atoms with E-state index in [0.29, 0.717) is 11.3 Å². The van der Waals surface area contributed by atoms with Crippen molar-refractivity contribution in [3.05, 3.63) is 65.5 Å². The number of ketones is 1. The van der Waals surface area contributed by atoms with Gasteiger partial charge in [0.1, 0.15) is 24.2 Å². The van der Waals surface area contributed by atoms with E-state index in [0.717, 1.165) is 15.4 Å². The number of hydrogen-bond donors (Lipinski definition) is 0. The normalized spacial score (nSPS) is 15.6. The van der Waals surface area contributed by atoms with Gasteiger partial charge in [-0.2, -0.15) is 0 Å². The van der Waals surface area contributed by atoms with Gasteiger partial charge >= 0.3 is 12.1 Å². The average Bonchev–Trinajstić information content (AvgIpc) is 3.09. The number of carbonyl (C=O) groups is 4. The topological polar surface area (TPSA) is 87.2 Å². The lowest BCUT2D eigenvalue weighted by atomic mass is 10.1. The number of benzene rings is 2. The van der Waals surface area contributed by atoms with E-state index in [1.54, 1.807) is 31.2 Å². The fraction of sp³-hybridized carbons (Fsp3) is 0.304. The molecule has 1 fully saturated rings.